The van der Waals surface area contributed by atoms with Crippen molar-refractivity contribution in [3.63, 3.8) is 0 Å². The summed E-state index contributed by atoms with van der Waals surface area (Å²) in [7, 11) is 4.14. The van der Waals surface area contributed by atoms with E-state index < -0.39 is 0 Å². The van der Waals surface area contributed by atoms with E-state index in [4.69, 9.17) is 5.73 Å². The van der Waals surface area contributed by atoms with Crippen LogP contribution in [0.5, 0.6) is 0 Å². The molecule has 2 N–H and O–H groups in total. The SMILES string of the molecule is CN(C)Cc1cc(-c2csc(N)n2)cs1. The van der Waals surface area contributed by atoms with Gasteiger partial charge in [-0.15, -0.1) is 22.7 Å². The summed E-state index contributed by atoms with van der Waals surface area (Å²) in [5.41, 5.74) is 7.76. The molecule has 80 valence electrons. The van der Waals surface area contributed by atoms with Gasteiger partial charge in [-0.25, -0.2) is 4.98 Å². The minimum Gasteiger partial charge on any atom is -0.375 e. The van der Waals surface area contributed by atoms with Crippen molar-refractivity contribution in [1.29, 1.82) is 0 Å². The maximum atomic E-state index is 5.61. The molecule has 2 aromatic heterocycles. The van der Waals surface area contributed by atoms with Gasteiger partial charge in [-0.2, -0.15) is 0 Å². The fraction of sp³-hybridized carbons (Fsp3) is 0.300. The van der Waals surface area contributed by atoms with Gasteiger partial charge in [-0.05, 0) is 20.2 Å². The molecule has 0 aliphatic carbocycles. The molecule has 0 spiro atoms. The lowest BCUT2D eigenvalue weighted by Gasteiger charge is -2.05. The Morgan fingerprint density at radius 1 is 1.33 bits per heavy atom. The number of aromatic nitrogens is 1. The number of rotatable bonds is 3. The van der Waals surface area contributed by atoms with Gasteiger partial charge in [0.25, 0.3) is 0 Å². The monoisotopic (exact) mass is 239 g/mol. The number of hydrogen-bond acceptors (Lipinski definition) is 5. The first-order valence-electron chi connectivity index (χ1n) is 4.58. The first-order chi connectivity index (χ1) is 7.15. The van der Waals surface area contributed by atoms with Crippen LogP contribution in [0.3, 0.4) is 0 Å². The molecule has 0 bridgehead atoms. The van der Waals surface area contributed by atoms with Crippen LogP contribution in [-0.4, -0.2) is 24.0 Å². The van der Waals surface area contributed by atoms with Gasteiger partial charge in [0.05, 0.1) is 5.69 Å². The largest absolute Gasteiger partial charge is 0.375 e. The van der Waals surface area contributed by atoms with Crippen molar-refractivity contribution < 1.29 is 0 Å². The Morgan fingerprint density at radius 2 is 2.13 bits per heavy atom. The number of thiophene rings is 1. The molecule has 0 atom stereocenters. The third-order valence-electron chi connectivity index (χ3n) is 1.94. The molecule has 0 aliphatic heterocycles. The zero-order valence-corrected chi connectivity index (χ0v) is 10.4. The standard InChI is InChI=1S/C10H13N3S2/c1-13(2)4-8-3-7(5-14-8)9-6-15-10(11)12-9/h3,5-6H,4H2,1-2H3,(H2,11,12). The van der Waals surface area contributed by atoms with Gasteiger partial charge in [0.2, 0.25) is 0 Å². The first-order valence-corrected chi connectivity index (χ1v) is 6.34. The Bertz CT molecular complexity index is 445. The number of thiazole rings is 1. The van der Waals surface area contributed by atoms with E-state index in [1.807, 2.05) is 5.38 Å². The number of nitrogen functional groups attached to an aromatic ring is 1. The highest BCUT2D eigenvalue weighted by atomic mass is 32.1. The van der Waals surface area contributed by atoms with E-state index in [1.165, 1.54) is 21.8 Å². The molecule has 3 nitrogen and oxygen atoms in total. The summed E-state index contributed by atoms with van der Waals surface area (Å²) < 4.78 is 0. The number of nitrogens with two attached hydrogens (primary N) is 1. The van der Waals surface area contributed by atoms with Crippen LogP contribution in [0, 0.1) is 0 Å². The van der Waals surface area contributed by atoms with Crippen molar-refractivity contribution >= 4 is 27.8 Å². The number of anilines is 1. The third-order valence-corrected chi connectivity index (χ3v) is 3.54. The van der Waals surface area contributed by atoms with E-state index >= 15 is 0 Å². The number of nitrogens with zero attached hydrogens (tertiary/aromatic N) is 2. The normalized spacial score (nSPS) is 11.1. The molecule has 0 aliphatic rings. The molecule has 0 fully saturated rings. The third kappa shape index (κ3) is 2.56. The van der Waals surface area contributed by atoms with Crippen LogP contribution < -0.4 is 5.73 Å². The summed E-state index contributed by atoms with van der Waals surface area (Å²) in [5.74, 6) is 0. The van der Waals surface area contributed by atoms with Crippen LogP contribution in [0.2, 0.25) is 0 Å². The maximum Gasteiger partial charge on any atom is 0.180 e. The van der Waals surface area contributed by atoms with Crippen molar-refractivity contribution in [2.24, 2.45) is 0 Å². The van der Waals surface area contributed by atoms with Gasteiger partial charge < -0.3 is 10.6 Å². The van der Waals surface area contributed by atoms with E-state index in [1.54, 1.807) is 11.3 Å². The molecular weight excluding hydrogens is 226 g/mol. The van der Waals surface area contributed by atoms with E-state index in [0.29, 0.717) is 5.13 Å². The summed E-state index contributed by atoms with van der Waals surface area (Å²) in [6.45, 7) is 0.976. The molecular formula is C10H13N3S2. The summed E-state index contributed by atoms with van der Waals surface area (Å²) in [6, 6.07) is 2.18. The van der Waals surface area contributed by atoms with Crippen LogP contribution >= 0.6 is 22.7 Å². The Hall–Kier alpha value is -0.910. The van der Waals surface area contributed by atoms with Crippen LogP contribution in [0.4, 0.5) is 5.13 Å². The first kappa shape index (κ1) is 10.6. The van der Waals surface area contributed by atoms with Crippen LogP contribution in [-0.2, 0) is 6.54 Å². The van der Waals surface area contributed by atoms with Gasteiger partial charge in [0.15, 0.2) is 5.13 Å². The lowest BCUT2D eigenvalue weighted by Crippen LogP contribution is -2.09. The Labute approximate surface area is 97.2 Å². The zero-order chi connectivity index (χ0) is 10.8. The summed E-state index contributed by atoms with van der Waals surface area (Å²) in [5, 5.41) is 4.76. The predicted molar refractivity (Wildman–Crippen MR) is 67.2 cm³/mol. The van der Waals surface area contributed by atoms with Crippen molar-refractivity contribution in [1.82, 2.24) is 9.88 Å². The molecule has 2 heterocycles. The van der Waals surface area contributed by atoms with Crippen LogP contribution in [0.25, 0.3) is 11.3 Å². The molecule has 0 saturated carbocycles. The average Bonchev–Trinajstić information content (AvgIpc) is 2.72. The molecule has 0 amide bonds. The minimum atomic E-state index is 0.630. The molecule has 0 aromatic carbocycles. The Kier molecular flexibility index (Phi) is 3.04. The summed E-state index contributed by atoms with van der Waals surface area (Å²) >= 11 is 3.25. The smallest absolute Gasteiger partial charge is 0.180 e. The Morgan fingerprint density at radius 3 is 2.73 bits per heavy atom. The fourth-order valence-electron chi connectivity index (χ4n) is 1.33. The van der Waals surface area contributed by atoms with Crippen LogP contribution in [0.15, 0.2) is 16.8 Å². The second-order valence-corrected chi connectivity index (χ2v) is 5.50. The van der Waals surface area contributed by atoms with Crippen LogP contribution in [0.1, 0.15) is 4.88 Å². The Balaban J connectivity index is 2.20. The average molecular weight is 239 g/mol. The predicted octanol–water partition coefficient (Wildman–Crippen LogP) is 2.52. The molecule has 0 unspecified atom stereocenters. The second-order valence-electron chi connectivity index (χ2n) is 3.61. The maximum absolute atomic E-state index is 5.61. The van der Waals surface area contributed by atoms with Gasteiger partial charge in [0, 0.05) is 27.7 Å². The quantitative estimate of drug-likeness (QED) is 0.895. The van der Waals surface area contributed by atoms with Crippen molar-refractivity contribution in [2.75, 3.05) is 19.8 Å². The van der Waals surface area contributed by atoms with Crippen molar-refractivity contribution in [3.8, 4) is 11.3 Å². The van der Waals surface area contributed by atoms with E-state index in [0.717, 1.165) is 12.2 Å². The van der Waals surface area contributed by atoms with E-state index in [-0.39, 0.29) is 0 Å². The highest BCUT2D eigenvalue weighted by Gasteiger charge is 2.06. The molecule has 5 heteroatoms. The summed E-state index contributed by atoms with van der Waals surface area (Å²) in [6.07, 6.45) is 0. The lowest BCUT2D eigenvalue weighted by atomic mass is 10.2. The summed E-state index contributed by atoms with van der Waals surface area (Å²) in [4.78, 5) is 7.77. The number of hydrogen-bond donors (Lipinski definition) is 1. The van der Waals surface area contributed by atoms with E-state index in [9.17, 15) is 0 Å². The molecule has 0 saturated heterocycles. The fourth-order valence-corrected chi connectivity index (χ4v) is 2.90. The molecule has 2 aromatic rings. The zero-order valence-electron chi connectivity index (χ0n) is 8.73. The highest BCUT2D eigenvalue weighted by Crippen LogP contribution is 2.27. The minimum absolute atomic E-state index is 0.630. The molecule has 0 radical (unpaired) electrons. The van der Waals surface area contributed by atoms with Gasteiger partial charge in [-0.1, -0.05) is 0 Å². The van der Waals surface area contributed by atoms with Gasteiger partial charge in [0.1, 0.15) is 0 Å². The topological polar surface area (TPSA) is 42.1 Å². The molecule has 2 rings (SSSR count). The van der Waals surface area contributed by atoms with Crippen molar-refractivity contribution in [2.45, 2.75) is 6.54 Å². The van der Waals surface area contributed by atoms with E-state index in [2.05, 4.69) is 35.4 Å². The van der Waals surface area contributed by atoms with Crippen molar-refractivity contribution in [3.05, 3.63) is 21.7 Å². The highest BCUT2D eigenvalue weighted by molar-refractivity contribution is 7.14. The van der Waals surface area contributed by atoms with Gasteiger partial charge >= 0.3 is 0 Å². The lowest BCUT2D eigenvalue weighted by molar-refractivity contribution is 0.406. The molecule has 15 heavy (non-hydrogen) atoms. The van der Waals surface area contributed by atoms with Gasteiger partial charge in [-0.3, -0.25) is 0 Å². The second kappa shape index (κ2) is 4.30.